The molecule has 2 aromatic carbocycles. The number of hydrogen-bond donors (Lipinski definition) is 0. The van der Waals surface area contributed by atoms with E-state index < -0.39 is 35.5 Å². The standard InChI is InChI=1S/C17H13F5O3/c1-2-3-10-4-6-11(7-5-10)16(23)24-12-8-13(18)15(14(19)9-12)25-17(20,21)22/h4-9H,2-3H2,1H3. The van der Waals surface area contributed by atoms with Crippen molar-refractivity contribution in [3.05, 3.63) is 59.2 Å². The lowest BCUT2D eigenvalue weighted by Gasteiger charge is -2.12. The molecule has 0 aliphatic heterocycles. The van der Waals surface area contributed by atoms with Gasteiger partial charge in [-0.05, 0) is 24.1 Å². The molecule has 0 atom stereocenters. The van der Waals surface area contributed by atoms with Gasteiger partial charge in [0.25, 0.3) is 0 Å². The number of carbonyl (C=O) groups is 1. The first-order chi connectivity index (χ1) is 11.7. The van der Waals surface area contributed by atoms with Crippen molar-refractivity contribution < 1.29 is 36.2 Å². The van der Waals surface area contributed by atoms with Gasteiger partial charge in [-0.1, -0.05) is 25.5 Å². The predicted molar refractivity (Wildman–Crippen MR) is 78.4 cm³/mol. The summed E-state index contributed by atoms with van der Waals surface area (Å²) in [5.41, 5.74) is 1.14. The second kappa shape index (κ2) is 7.50. The predicted octanol–water partition coefficient (Wildman–Crippen LogP) is 5.04. The zero-order chi connectivity index (χ0) is 18.6. The fourth-order valence-electron chi connectivity index (χ4n) is 2.07. The first kappa shape index (κ1) is 18.7. The molecule has 0 fully saturated rings. The molecule has 0 aromatic heterocycles. The van der Waals surface area contributed by atoms with Gasteiger partial charge in [0, 0.05) is 12.1 Å². The van der Waals surface area contributed by atoms with Crippen molar-refractivity contribution >= 4 is 5.97 Å². The number of benzene rings is 2. The third-order valence-electron chi connectivity index (χ3n) is 3.13. The van der Waals surface area contributed by atoms with Crippen LogP contribution >= 0.6 is 0 Å². The average Bonchev–Trinajstić information content (AvgIpc) is 2.51. The van der Waals surface area contributed by atoms with Crippen LogP contribution < -0.4 is 9.47 Å². The molecule has 2 rings (SSSR count). The Morgan fingerprint density at radius 3 is 2.08 bits per heavy atom. The van der Waals surface area contributed by atoms with Crippen LogP contribution in [0.5, 0.6) is 11.5 Å². The van der Waals surface area contributed by atoms with Crippen LogP contribution in [0.15, 0.2) is 36.4 Å². The normalized spacial score (nSPS) is 11.3. The molecule has 0 aliphatic carbocycles. The van der Waals surface area contributed by atoms with Gasteiger partial charge in [-0.25, -0.2) is 13.6 Å². The van der Waals surface area contributed by atoms with E-state index in [0.29, 0.717) is 12.1 Å². The number of halogens is 5. The molecule has 25 heavy (non-hydrogen) atoms. The number of carbonyl (C=O) groups excluding carboxylic acids is 1. The summed E-state index contributed by atoms with van der Waals surface area (Å²) in [5, 5.41) is 0. The molecule has 0 N–H and O–H groups in total. The zero-order valence-electron chi connectivity index (χ0n) is 13.0. The smallest absolute Gasteiger partial charge is 0.423 e. The number of aryl methyl sites for hydroxylation is 1. The molecule has 0 spiro atoms. The Kier molecular flexibility index (Phi) is 5.61. The average molecular weight is 360 g/mol. The van der Waals surface area contributed by atoms with Gasteiger partial charge in [0.1, 0.15) is 5.75 Å². The van der Waals surface area contributed by atoms with Gasteiger partial charge in [0.15, 0.2) is 11.6 Å². The maximum Gasteiger partial charge on any atom is 0.573 e. The minimum atomic E-state index is -5.25. The van der Waals surface area contributed by atoms with Crippen LogP contribution in [0, 0.1) is 11.6 Å². The molecule has 0 saturated carbocycles. The number of rotatable bonds is 5. The van der Waals surface area contributed by atoms with Crippen molar-refractivity contribution in [3.8, 4) is 11.5 Å². The maximum absolute atomic E-state index is 13.6. The molecule has 3 nitrogen and oxygen atoms in total. The van der Waals surface area contributed by atoms with Gasteiger partial charge in [0.2, 0.25) is 5.75 Å². The van der Waals surface area contributed by atoms with Crippen LogP contribution in [0.4, 0.5) is 22.0 Å². The van der Waals surface area contributed by atoms with Crippen LogP contribution in [0.1, 0.15) is 29.3 Å². The Hall–Kier alpha value is -2.64. The van der Waals surface area contributed by atoms with E-state index in [9.17, 15) is 26.7 Å². The Labute approximate surface area is 140 Å². The summed E-state index contributed by atoms with van der Waals surface area (Å²) in [7, 11) is 0. The number of esters is 1. The van der Waals surface area contributed by atoms with Crippen molar-refractivity contribution in [1.29, 1.82) is 0 Å². The minimum Gasteiger partial charge on any atom is -0.423 e. The highest BCUT2D eigenvalue weighted by atomic mass is 19.4. The topological polar surface area (TPSA) is 35.5 Å². The van der Waals surface area contributed by atoms with Crippen LogP contribution in [0.2, 0.25) is 0 Å². The van der Waals surface area contributed by atoms with Gasteiger partial charge >= 0.3 is 12.3 Å². The van der Waals surface area contributed by atoms with Gasteiger partial charge in [-0.2, -0.15) is 0 Å². The lowest BCUT2D eigenvalue weighted by Crippen LogP contribution is -2.19. The van der Waals surface area contributed by atoms with Crippen molar-refractivity contribution in [3.63, 3.8) is 0 Å². The lowest BCUT2D eigenvalue weighted by atomic mass is 10.1. The lowest BCUT2D eigenvalue weighted by molar-refractivity contribution is -0.276. The molecule has 0 heterocycles. The molecule has 0 aliphatic rings. The summed E-state index contributed by atoms with van der Waals surface area (Å²) in [6, 6.07) is 7.27. The van der Waals surface area contributed by atoms with E-state index >= 15 is 0 Å². The Morgan fingerprint density at radius 2 is 1.60 bits per heavy atom. The molecule has 0 unspecified atom stereocenters. The zero-order valence-corrected chi connectivity index (χ0v) is 13.0. The molecule has 8 heteroatoms. The monoisotopic (exact) mass is 360 g/mol. The van der Waals surface area contributed by atoms with Crippen LogP contribution in [0.3, 0.4) is 0 Å². The molecular weight excluding hydrogens is 347 g/mol. The van der Waals surface area contributed by atoms with E-state index in [4.69, 9.17) is 4.74 Å². The van der Waals surface area contributed by atoms with Crippen molar-refractivity contribution in [2.24, 2.45) is 0 Å². The number of hydrogen-bond acceptors (Lipinski definition) is 3. The number of ether oxygens (including phenoxy) is 2. The second-order valence-electron chi connectivity index (χ2n) is 5.10. The summed E-state index contributed by atoms with van der Waals surface area (Å²) in [5.74, 6) is -6.37. The van der Waals surface area contributed by atoms with Crippen LogP contribution in [0.25, 0.3) is 0 Å². The van der Waals surface area contributed by atoms with Crippen molar-refractivity contribution in [2.45, 2.75) is 26.1 Å². The van der Waals surface area contributed by atoms with Gasteiger partial charge in [-0.3, -0.25) is 0 Å². The van der Waals surface area contributed by atoms with Crippen LogP contribution in [-0.4, -0.2) is 12.3 Å². The third kappa shape index (κ3) is 5.17. The van der Waals surface area contributed by atoms with Gasteiger partial charge < -0.3 is 9.47 Å². The SMILES string of the molecule is CCCc1ccc(C(=O)Oc2cc(F)c(OC(F)(F)F)c(F)c2)cc1. The molecule has 0 amide bonds. The number of alkyl halides is 3. The Morgan fingerprint density at radius 1 is 1.04 bits per heavy atom. The minimum absolute atomic E-state index is 0.135. The summed E-state index contributed by atoms with van der Waals surface area (Å²) in [4.78, 5) is 11.9. The molecule has 2 aromatic rings. The summed E-state index contributed by atoms with van der Waals surface area (Å²) >= 11 is 0. The van der Waals surface area contributed by atoms with Crippen molar-refractivity contribution in [2.75, 3.05) is 0 Å². The quantitative estimate of drug-likeness (QED) is 0.426. The van der Waals surface area contributed by atoms with E-state index in [2.05, 4.69) is 4.74 Å². The van der Waals surface area contributed by atoms with E-state index in [1.54, 1.807) is 12.1 Å². The first-order valence-corrected chi connectivity index (χ1v) is 7.25. The molecule has 134 valence electrons. The molecule has 0 bridgehead atoms. The Bertz CT molecular complexity index is 731. The van der Waals surface area contributed by atoms with E-state index in [1.165, 1.54) is 12.1 Å². The highest BCUT2D eigenvalue weighted by Gasteiger charge is 2.34. The summed E-state index contributed by atoms with van der Waals surface area (Å²) in [6.45, 7) is 2.00. The van der Waals surface area contributed by atoms with Gasteiger partial charge in [-0.15, -0.1) is 13.2 Å². The first-order valence-electron chi connectivity index (χ1n) is 7.25. The van der Waals surface area contributed by atoms with Crippen molar-refractivity contribution in [1.82, 2.24) is 0 Å². The second-order valence-corrected chi connectivity index (χ2v) is 5.10. The molecular formula is C17H13F5O3. The largest absolute Gasteiger partial charge is 0.573 e. The van der Waals surface area contributed by atoms with E-state index in [0.717, 1.165) is 18.4 Å². The van der Waals surface area contributed by atoms with E-state index in [1.807, 2.05) is 6.92 Å². The Balaban J connectivity index is 2.15. The molecule has 0 saturated heterocycles. The third-order valence-corrected chi connectivity index (χ3v) is 3.13. The summed E-state index contributed by atoms with van der Waals surface area (Å²) in [6.07, 6.45) is -3.50. The van der Waals surface area contributed by atoms with Crippen LogP contribution in [-0.2, 0) is 6.42 Å². The fraction of sp³-hybridized carbons (Fsp3) is 0.235. The summed E-state index contributed by atoms with van der Waals surface area (Å²) < 4.78 is 71.4. The fourth-order valence-corrected chi connectivity index (χ4v) is 2.07. The van der Waals surface area contributed by atoms with Gasteiger partial charge in [0.05, 0.1) is 5.56 Å². The van der Waals surface area contributed by atoms with E-state index in [-0.39, 0.29) is 5.56 Å². The molecule has 0 radical (unpaired) electrons. The highest BCUT2D eigenvalue weighted by molar-refractivity contribution is 5.91. The highest BCUT2D eigenvalue weighted by Crippen LogP contribution is 2.31. The maximum atomic E-state index is 13.6.